The number of carbonyl (C=O) groups is 4. The van der Waals surface area contributed by atoms with Gasteiger partial charge in [-0.25, -0.2) is 4.79 Å². The van der Waals surface area contributed by atoms with Crippen molar-refractivity contribution < 1.29 is 24.3 Å². The maximum Gasteiger partial charge on any atom is 0.352 e. The molecular weight excluding hydrogens is 336 g/mol. The van der Waals surface area contributed by atoms with Crippen LogP contribution in [0.2, 0.25) is 0 Å². The molecule has 7 nitrogen and oxygen atoms in total. The van der Waals surface area contributed by atoms with E-state index in [1.54, 1.807) is 32.1 Å². The topological polar surface area (TPSA) is 95.0 Å². The number of amides is 3. The van der Waals surface area contributed by atoms with Gasteiger partial charge in [-0.2, -0.15) is 0 Å². The fourth-order valence-electron chi connectivity index (χ4n) is 3.51. The molecule has 2 aliphatic heterocycles. The fourth-order valence-corrected chi connectivity index (χ4v) is 3.51. The second-order valence-corrected chi connectivity index (χ2v) is 6.42. The molecule has 134 valence electrons. The Morgan fingerprint density at radius 1 is 1.15 bits per heavy atom. The third-order valence-electron chi connectivity index (χ3n) is 4.62. The number of carboxylic acids is 1. The number of rotatable bonds is 5. The van der Waals surface area contributed by atoms with Crippen molar-refractivity contribution in [2.24, 2.45) is 0 Å². The van der Waals surface area contributed by atoms with Crippen LogP contribution in [0, 0.1) is 0 Å². The van der Waals surface area contributed by atoms with E-state index in [9.17, 15) is 24.3 Å². The predicted molar refractivity (Wildman–Crippen MR) is 92.2 cm³/mol. The first-order chi connectivity index (χ1) is 12.3. The number of likely N-dealkylation sites (tertiary alicyclic amines) is 1. The highest BCUT2D eigenvalue weighted by Gasteiger charge is 2.57. The molecule has 0 radical (unpaired) electrons. The van der Waals surface area contributed by atoms with Gasteiger partial charge in [-0.05, 0) is 38.0 Å². The summed E-state index contributed by atoms with van der Waals surface area (Å²) in [5, 5.41) is 9.46. The molecule has 26 heavy (non-hydrogen) atoms. The highest BCUT2D eigenvalue weighted by Crippen LogP contribution is 2.37. The lowest BCUT2D eigenvalue weighted by Crippen LogP contribution is -2.71. The lowest BCUT2D eigenvalue weighted by Gasteiger charge is -2.49. The summed E-state index contributed by atoms with van der Waals surface area (Å²) < 4.78 is 0. The van der Waals surface area contributed by atoms with E-state index in [2.05, 4.69) is 6.58 Å². The van der Waals surface area contributed by atoms with Crippen molar-refractivity contribution >= 4 is 23.7 Å². The number of hydrogen-bond acceptors (Lipinski definition) is 4. The van der Waals surface area contributed by atoms with E-state index in [-0.39, 0.29) is 23.2 Å². The molecule has 1 aromatic carbocycles. The van der Waals surface area contributed by atoms with Gasteiger partial charge in [0.2, 0.25) is 0 Å². The minimum absolute atomic E-state index is 0.130. The average Bonchev–Trinajstić information content (AvgIpc) is 2.84. The van der Waals surface area contributed by atoms with Crippen molar-refractivity contribution in [3.8, 4) is 0 Å². The van der Waals surface area contributed by atoms with E-state index in [0.29, 0.717) is 5.57 Å². The quantitative estimate of drug-likeness (QED) is 0.377. The maximum absolute atomic E-state index is 12.8. The maximum atomic E-state index is 12.8. The van der Waals surface area contributed by atoms with Gasteiger partial charge in [0.25, 0.3) is 17.7 Å². The molecule has 2 atom stereocenters. The molecule has 0 aromatic heterocycles. The van der Waals surface area contributed by atoms with E-state index >= 15 is 0 Å². The Morgan fingerprint density at radius 2 is 1.69 bits per heavy atom. The molecule has 3 amide bonds. The highest BCUT2D eigenvalue weighted by molar-refractivity contribution is 6.23. The third-order valence-corrected chi connectivity index (χ3v) is 4.62. The molecule has 0 bridgehead atoms. The van der Waals surface area contributed by atoms with E-state index in [1.165, 1.54) is 12.1 Å². The fraction of sp³-hybridized carbons (Fsp3) is 0.263. The van der Waals surface area contributed by atoms with Crippen molar-refractivity contribution in [3.05, 3.63) is 59.3 Å². The normalized spacial score (nSPS) is 21.4. The first kappa shape index (κ1) is 17.6. The summed E-state index contributed by atoms with van der Waals surface area (Å²) >= 11 is 0. The van der Waals surface area contributed by atoms with E-state index in [1.807, 2.05) is 0 Å². The Hall–Kier alpha value is -3.22. The number of hydrogen-bond donors (Lipinski definition) is 1. The highest BCUT2D eigenvalue weighted by atomic mass is 16.4. The lowest BCUT2D eigenvalue weighted by atomic mass is 9.89. The first-order valence-electron chi connectivity index (χ1n) is 8.13. The van der Waals surface area contributed by atoms with Crippen LogP contribution >= 0.6 is 0 Å². The Bertz CT molecular complexity index is 847. The van der Waals surface area contributed by atoms with Gasteiger partial charge in [-0.15, -0.1) is 6.58 Å². The minimum Gasteiger partial charge on any atom is -0.477 e. The summed E-state index contributed by atoms with van der Waals surface area (Å²) in [7, 11) is 0. The van der Waals surface area contributed by atoms with Crippen molar-refractivity contribution in [1.29, 1.82) is 0 Å². The van der Waals surface area contributed by atoms with E-state index in [0.717, 1.165) is 9.80 Å². The molecular formula is C19H18N2O5. The Balaban J connectivity index is 2.00. The van der Waals surface area contributed by atoms with Crippen LogP contribution in [-0.2, 0) is 9.59 Å². The van der Waals surface area contributed by atoms with Gasteiger partial charge in [0.15, 0.2) is 0 Å². The van der Waals surface area contributed by atoms with Gasteiger partial charge in [0.05, 0.1) is 17.2 Å². The van der Waals surface area contributed by atoms with Gasteiger partial charge in [0.1, 0.15) is 11.7 Å². The number of fused-ring (bicyclic) bond motifs is 1. The van der Waals surface area contributed by atoms with Crippen molar-refractivity contribution in [1.82, 2.24) is 9.80 Å². The van der Waals surface area contributed by atoms with Gasteiger partial charge < -0.3 is 5.11 Å². The van der Waals surface area contributed by atoms with Gasteiger partial charge in [0, 0.05) is 0 Å². The molecule has 1 N–H and O–H groups in total. The predicted octanol–water partition coefficient (Wildman–Crippen LogP) is 1.82. The summed E-state index contributed by atoms with van der Waals surface area (Å²) in [6.07, 6.45) is 1.80. The molecule has 0 aliphatic carbocycles. The van der Waals surface area contributed by atoms with Crippen LogP contribution in [-0.4, -0.2) is 50.7 Å². The van der Waals surface area contributed by atoms with Crippen molar-refractivity contribution in [3.63, 3.8) is 0 Å². The molecule has 1 fully saturated rings. The zero-order valence-corrected chi connectivity index (χ0v) is 14.4. The van der Waals surface area contributed by atoms with E-state index < -0.39 is 35.8 Å². The average molecular weight is 354 g/mol. The van der Waals surface area contributed by atoms with Crippen LogP contribution in [0.4, 0.5) is 0 Å². The van der Waals surface area contributed by atoms with Crippen LogP contribution in [0.5, 0.6) is 0 Å². The van der Waals surface area contributed by atoms with Crippen molar-refractivity contribution in [2.75, 3.05) is 0 Å². The first-order valence-corrected chi connectivity index (χ1v) is 8.13. The SMILES string of the molecule is C=CCC1C(N2C(=O)c3ccccc3C2=O)C(=O)N1C(C(=O)O)=C(C)C. The zero-order chi connectivity index (χ0) is 19.2. The third kappa shape index (κ3) is 2.35. The molecule has 2 aliphatic rings. The van der Waals surface area contributed by atoms with Crippen LogP contribution in [0.25, 0.3) is 0 Å². The summed E-state index contributed by atoms with van der Waals surface area (Å²) in [6.45, 7) is 6.83. The largest absolute Gasteiger partial charge is 0.477 e. The van der Waals surface area contributed by atoms with Crippen LogP contribution in [0.1, 0.15) is 41.0 Å². The Labute approximate surface area is 150 Å². The lowest BCUT2D eigenvalue weighted by molar-refractivity contribution is -0.156. The monoisotopic (exact) mass is 354 g/mol. The number of imide groups is 1. The second kappa shape index (κ2) is 6.25. The van der Waals surface area contributed by atoms with Crippen LogP contribution < -0.4 is 0 Å². The molecule has 1 aromatic rings. The summed E-state index contributed by atoms with van der Waals surface area (Å²) in [4.78, 5) is 51.8. The standard InChI is InChI=1S/C19H18N2O5/c1-4-7-13-15(18(24)20(13)14(10(2)3)19(25)26)21-16(22)11-8-5-6-9-12(11)17(21)23/h4-6,8-9,13,15H,1,7H2,2-3H3,(H,25,26). The molecule has 1 saturated heterocycles. The van der Waals surface area contributed by atoms with Crippen LogP contribution in [0.15, 0.2) is 48.2 Å². The van der Waals surface area contributed by atoms with Gasteiger partial charge in [-0.3, -0.25) is 24.2 Å². The second-order valence-electron chi connectivity index (χ2n) is 6.42. The summed E-state index contributed by atoms with van der Waals surface area (Å²) in [5.74, 6) is -2.88. The molecule has 2 unspecified atom stereocenters. The number of β-lactam (4-membered cyclic amide) rings is 1. The molecule has 0 saturated carbocycles. The Kier molecular flexibility index (Phi) is 4.23. The molecule has 3 rings (SSSR count). The summed E-state index contributed by atoms with van der Waals surface area (Å²) in [5.41, 5.74) is 0.832. The smallest absolute Gasteiger partial charge is 0.352 e. The number of carboxylic acid groups (broad SMARTS) is 1. The molecule has 0 spiro atoms. The van der Waals surface area contributed by atoms with Gasteiger partial charge in [-0.1, -0.05) is 18.2 Å². The zero-order valence-electron chi connectivity index (χ0n) is 14.4. The van der Waals surface area contributed by atoms with Gasteiger partial charge >= 0.3 is 5.97 Å². The number of aliphatic carboxylic acids is 1. The number of carbonyl (C=O) groups excluding carboxylic acids is 3. The molecule has 7 heteroatoms. The number of nitrogens with zero attached hydrogens (tertiary/aromatic N) is 2. The molecule has 2 heterocycles. The number of benzene rings is 1. The van der Waals surface area contributed by atoms with E-state index in [4.69, 9.17) is 0 Å². The summed E-state index contributed by atoms with van der Waals surface area (Å²) in [6, 6.07) is 4.69. The number of allylic oxidation sites excluding steroid dienone is 1. The van der Waals surface area contributed by atoms with Crippen LogP contribution in [0.3, 0.4) is 0 Å². The van der Waals surface area contributed by atoms with Crippen molar-refractivity contribution in [2.45, 2.75) is 32.4 Å². The minimum atomic E-state index is -1.23. The Morgan fingerprint density at radius 3 is 2.12 bits per heavy atom.